The lowest BCUT2D eigenvalue weighted by Gasteiger charge is -2.33. The largest absolute Gasteiger partial charge is 0.335 e. The maximum atomic E-state index is 13.2. The first-order chi connectivity index (χ1) is 14.7. The van der Waals surface area contributed by atoms with Gasteiger partial charge in [0.05, 0.1) is 12.5 Å². The Hall–Kier alpha value is -2.75. The van der Waals surface area contributed by atoms with Crippen LogP contribution in [0.1, 0.15) is 27.2 Å². The number of imidazole rings is 1. The predicted molar refractivity (Wildman–Crippen MR) is 120 cm³/mol. The lowest BCUT2D eigenvalue weighted by Crippen LogP contribution is -2.50. The highest BCUT2D eigenvalue weighted by atomic mass is 32.2. The molecular formula is C22H27N5O3S. The summed E-state index contributed by atoms with van der Waals surface area (Å²) in [6, 6.07) is 8.19. The predicted octanol–water partition coefficient (Wildman–Crippen LogP) is 1.79. The maximum Gasteiger partial charge on any atom is 0.272 e. The molecule has 0 unspecified atom stereocenters. The molecule has 3 aromatic rings. The van der Waals surface area contributed by atoms with Crippen LogP contribution in [0.4, 0.5) is 0 Å². The number of carbonyl (C=O) groups excluding carboxylic acids is 1. The summed E-state index contributed by atoms with van der Waals surface area (Å²) in [5.74, 6) is -0.160. The SMILES string of the molecule is Cc1ccc(-c2cn3c(C(=O)N4CCN(S(C)(=O)=O)CC4)cnc3cc2CN)c(C)c1. The van der Waals surface area contributed by atoms with Crippen LogP contribution in [0.25, 0.3) is 16.8 Å². The van der Waals surface area contributed by atoms with E-state index in [-0.39, 0.29) is 5.91 Å². The molecule has 1 aliphatic heterocycles. The number of hydrogen-bond donors (Lipinski definition) is 1. The van der Waals surface area contributed by atoms with E-state index < -0.39 is 10.0 Å². The van der Waals surface area contributed by atoms with Crippen molar-refractivity contribution in [1.29, 1.82) is 0 Å². The molecule has 9 heteroatoms. The number of amides is 1. The number of piperazine rings is 1. The van der Waals surface area contributed by atoms with E-state index in [1.807, 2.05) is 12.3 Å². The minimum atomic E-state index is -3.25. The lowest BCUT2D eigenvalue weighted by molar-refractivity contribution is 0.0691. The van der Waals surface area contributed by atoms with Crippen LogP contribution < -0.4 is 5.73 Å². The Labute approximate surface area is 182 Å². The van der Waals surface area contributed by atoms with E-state index >= 15 is 0 Å². The van der Waals surface area contributed by atoms with Crippen molar-refractivity contribution in [2.45, 2.75) is 20.4 Å². The van der Waals surface area contributed by atoms with Crippen molar-refractivity contribution in [1.82, 2.24) is 18.6 Å². The van der Waals surface area contributed by atoms with E-state index in [1.165, 1.54) is 16.1 Å². The Morgan fingerprint density at radius 2 is 1.81 bits per heavy atom. The second kappa shape index (κ2) is 8.07. The second-order valence-electron chi connectivity index (χ2n) is 8.06. The summed E-state index contributed by atoms with van der Waals surface area (Å²) in [4.78, 5) is 19.3. The van der Waals surface area contributed by atoms with Gasteiger partial charge in [-0.2, -0.15) is 4.31 Å². The van der Waals surface area contributed by atoms with Gasteiger partial charge in [-0.3, -0.25) is 9.20 Å². The highest BCUT2D eigenvalue weighted by Gasteiger charge is 2.28. The van der Waals surface area contributed by atoms with Gasteiger partial charge in [-0.05, 0) is 36.6 Å². The zero-order valence-electron chi connectivity index (χ0n) is 18.0. The average Bonchev–Trinajstić information content (AvgIpc) is 3.14. The number of pyridine rings is 1. The smallest absolute Gasteiger partial charge is 0.272 e. The molecule has 1 aromatic carbocycles. The number of aryl methyl sites for hydroxylation is 2. The normalized spacial score (nSPS) is 15.5. The van der Waals surface area contributed by atoms with Crippen molar-refractivity contribution in [3.05, 3.63) is 59.0 Å². The zero-order valence-corrected chi connectivity index (χ0v) is 18.8. The van der Waals surface area contributed by atoms with Crippen LogP contribution in [0.15, 0.2) is 36.7 Å². The molecule has 0 atom stereocenters. The Bertz CT molecular complexity index is 1260. The summed E-state index contributed by atoms with van der Waals surface area (Å²) in [7, 11) is -3.25. The van der Waals surface area contributed by atoms with E-state index in [4.69, 9.17) is 5.73 Å². The topological polar surface area (TPSA) is 101 Å². The molecule has 8 nitrogen and oxygen atoms in total. The summed E-state index contributed by atoms with van der Waals surface area (Å²) >= 11 is 0. The van der Waals surface area contributed by atoms with Gasteiger partial charge in [0.1, 0.15) is 11.3 Å². The summed E-state index contributed by atoms with van der Waals surface area (Å²) in [6.07, 6.45) is 4.70. The van der Waals surface area contributed by atoms with Crippen molar-refractivity contribution < 1.29 is 13.2 Å². The number of nitrogens with two attached hydrogens (primary N) is 1. The maximum absolute atomic E-state index is 13.2. The van der Waals surface area contributed by atoms with Gasteiger partial charge in [0.2, 0.25) is 10.0 Å². The van der Waals surface area contributed by atoms with Crippen LogP contribution in [0, 0.1) is 13.8 Å². The molecule has 1 aliphatic rings. The highest BCUT2D eigenvalue weighted by Crippen LogP contribution is 2.29. The van der Waals surface area contributed by atoms with E-state index in [2.05, 4.69) is 37.0 Å². The van der Waals surface area contributed by atoms with Gasteiger partial charge in [0, 0.05) is 44.5 Å². The average molecular weight is 442 g/mol. The zero-order chi connectivity index (χ0) is 22.3. The summed E-state index contributed by atoms with van der Waals surface area (Å²) in [5.41, 5.74) is 12.5. The molecule has 1 saturated heterocycles. The summed E-state index contributed by atoms with van der Waals surface area (Å²) < 4.78 is 26.7. The van der Waals surface area contributed by atoms with Crippen LogP contribution in [0.3, 0.4) is 0 Å². The van der Waals surface area contributed by atoms with E-state index in [9.17, 15) is 13.2 Å². The first kappa shape index (κ1) is 21.5. The van der Waals surface area contributed by atoms with Gasteiger partial charge in [0.15, 0.2) is 0 Å². The van der Waals surface area contributed by atoms with E-state index in [0.29, 0.717) is 44.1 Å². The molecule has 2 aromatic heterocycles. The summed E-state index contributed by atoms with van der Waals surface area (Å²) in [6.45, 7) is 5.78. The highest BCUT2D eigenvalue weighted by molar-refractivity contribution is 7.88. The molecule has 1 amide bonds. The summed E-state index contributed by atoms with van der Waals surface area (Å²) in [5, 5.41) is 0. The number of hydrogen-bond acceptors (Lipinski definition) is 5. The van der Waals surface area contributed by atoms with E-state index in [0.717, 1.165) is 22.3 Å². The third-order valence-electron chi connectivity index (χ3n) is 5.84. The second-order valence-corrected chi connectivity index (χ2v) is 10.0. The Morgan fingerprint density at radius 1 is 1.10 bits per heavy atom. The third kappa shape index (κ3) is 4.08. The molecule has 0 saturated carbocycles. The van der Waals surface area contributed by atoms with Gasteiger partial charge in [-0.15, -0.1) is 0 Å². The van der Waals surface area contributed by atoms with Crippen LogP contribution in [0.5, 0.6) is 0 Å². The third-order valence-corrected chi connectivity index (χ3v) is 7.14. The van der Waals surface area contributed by atoms with Crippen molar-refractivity contribution in [3.8, 4) is 11.1 Å². The number of fused-ring (bicyclic) bond motifs is 1. The van der Waals surface area contributed by atoms with Crippen LogP contribution in [-0.2, 0) is 16.6 Å². The first-order valence-electron chi connectivity index (χ1n) is 10.2. The van der Waals surface area contributed by atoms with Crippen LogP contribution in [-0.4, -0.2) is 65.3 Å². The standard InChI is InChI=1S/C22H27N5O3S/c1-15-4-5-18(16(2)10-15)19-14-27-20(13-24-21(27)11-17(19)12-23)22(28)25-6-8-26(9-7-25)31(3,29)30/h4-5,10-11,13-14H,6-9,12,23H2,1-3H3. The molecule has 0 bridgehead atoms. The number of nitrogens with zero attached hydrogens (tertiary/aromatic N) is 4. The Morgan fingerprint density at radius 3 is 2.42 bits per heavy atom. The molecule has 164 valence electrons. The Kier molecular flexibility index (Phi) is 5.59. The minimum Gasteiger partial charge on any atom is -0.335 e. The fourth-order valence-corrected chi connectivity index (χ4v) is 4.96. The van der Waals surface area contributed by atoms with E-state index in [1.54, 1.807) is 15.5 Å². The monoisotopic (exact) mass is 441 g/mol. The molecular weight excluding hydrogens is 414 g/mol. The molecule has 0 radical (unpaired) electrons. The van der Waals surface area contributed by atoms with Crippen LogP contribution in [0.2, 0.25) is 0 Å². The fourth-order valence-electron chi connectivity index (χ4n) is 4.13. The van der Waals surface area contributed by atoms with Gasteiger partial charge in [-0.1, -0.05) is 23.8 Å². The van der Waals surface area contributed by atoms with Crippen molar-refractivity contribution in [3.63, 3.8) is 0 Å². The molecule has 4 rings (SSSR count). The van der Waals surface area contributed by atoms with Crippen molar-refractivity contribution in [2.75, 3.05) is 32.4 Å². The molecule has 0 spiro atoms. The van der Waals surface area contributed by atoms with Gasteiger partial charge < -0.3 is 10.6 Å². The number of carbonyl (C=O) groups is 1. The van der Waals surface area contributed by atoms with Crippen molar-refractivity contribution in [2.24, 2.45) is 5.73 Å². The molecule has 2 N–H and O–H groups in total. The first-order valence-corrected chi connectivity index (χ1v) is 12.1. The number of aromatic nitrogens is 2. The van der Waals surface area contributed by atoms with Gasteiger partial charge >= 0.3 is 0 Å². The number of rotatable bonds is 4. The molecule has 3 heterocycles. The van der Waals surface area contributed by atoms with Crippen molar-refractivity contribution >= 4 is 21.6 Å². The van der Waals surface area contributed by atoms with Gasteiger partial charge in [-0.25, -0.2) is 13.4 Å². The number of sulfonamides is 1. The van der Waals surface area contributed by atoms with Crippen LogP contribution >= 0.6 is 0 Å². The lowest BCUT2D eigenvalue weighted by atomic mass is 9.96. The minimum absolute atomic E-state index is 0.160. The molecule has 0 aliphatic carbocycles. The molecule has 1 fully saturated rings. The van der Waals surface area contributed by atoms with Gasteiger partial charge in [0.25, 0.3) is 5.91 Å². The Balaban J connectivity index is 1.71. The number of benzene rings is 1. The quantitative estimate of drug-likeness (QED) is 0.665. The fraction of sp³-hybridized carbons (Fsp3) is 0.364. The molecule has 31 heavy (non-hydrogen) atoms.